The van der Waals surface area contributed by atoms with Crippen LogP contribution in [0.2, 0.25) is 0 Å². The van der Waals surface area contributed by atoms with E-state index in [2.05, 4.69) is 39.0 Å². The second-order valence-corrected chi connectivity index (χ2v) is 6.00. The summed E-state index contributed by atoms with van der Waals surface area (Å²) >= 11 is 0. The molecule has 1 aromatic carbocycles. The van der Waals surface area contributed by atoms with E-state index < -0.39 is 0 Å². The highest BCUT2D eigenvalue weighted by Gasteiger charge is 2.28. The fourth-order valence-electron chi connectivity index (χ4n) is 3.03. The van der Waals surface area contributed by atoms with Crippen LogP contribution in [0.15, 0.2) is 23.8 Å². The Morgan fingerprint density at radius 2 is 1.94 bits per heavy atom. The van der Waals surface area contributed by atoms with Gasteiger partial charge in [0, 0.05) is 0 Å². The zero-order chi connectivity index (χ0) is 12.7. The van der Waals surface area contributed by atoms with E-state index in [1.54, 1.807) is 5.57 Å². The summed E-state index contributed by atoms with van der Waals surface area (Å²) in [4.78, 5) is 0. The van der Waals surface area contributed by atoms with E-state index in [1.807, 2.05) is 0 Å². The Hall–Kier alpha value is -1.08. The van der Waals surface area contributed by atoms with Crippen LogP contribution in [0.25, 0.3) is 5.57 Å². The van der Waals surface area contributed by atoms with E-state index in [-0.39, 0.29) is 0 Å². The molecule has 96 valence electrons. The van der Waals surface area contributed by atoms with Crippen molar-refractivity contribution in [1.29, 1.82) is 0 Å². The Morgan fingerprint density at radius 3 is 2.61 bits per heavy atom. The molecule has 3 rings (SSSR count). The standard InChI is InChI=1S/C17H22O/c1-11(2)17(13-4-5-13)14-6-7-15-10-18-12(3)8-16(15)9-14/h6-7,9,12-13H,4-5,8,10H2,1-3H3. The van der Waals surface area contributed by atoms with Crippen molar-refractivity contribution in [2.75, 3.05) is 0 Å². The van der Waals surface area contributed by atoms with Crippen LogP contribution < -0.4 is 0 Å². The van der Waals surface area contributed by atoms with Gasteiger partial charge in [-0.2, -0.15) is 0 Å². The van der Waals surface area contributed by atoms with E-state index >= 15 is 0 Å². The lowest BCUT2D eigenvalue weighted by Crippen LogP contribution is -2.19. The number of allylic oxidation sites excluding steroid dienone is 2. The molecular formula is C17H22O. The molecule has 1 aliphatic heterocycles. The monoisotopic (exact) mass is 242 g/mol. The van der Waals surface area contributed by atoms with Gasteiger partial charge in [0.1, 0.15) is 0 Å². The molecule has 1 aromatic rings. The third-order valence-electron chi connectivity index (χ3n) is 4.07. The minimum absolute atomic E-state index is 0.365. The minimum atomic E-state index is 0.365. The predicted octanol–water partition coefficient (Wildman–Crippen LogP) is 4.35. The van der Waals surface area contributed by atoms with Crippen molar-refractivity contribution < 1.29 is 4.74 Å². The molecule has 2 aliphatic rings. The van der Waals surface area contributed by atoms with E-state index in [0.29, 0.717) is 6.10 Å². The van der Waals surface area contributed by atoms with Crippen molar-refractivity contribution in [2.45, 2.75) is 52.7 Å². The Labute approximate surface area is 110 Å². The highest BCUT2D eigenvalue weighted by Crippen LogP contribution is 2.44. The Morgan fingerprint density at radius 1 is 1.17 bits per heavy atom. The lowest BCUT2D eigenvalue weighted by Gasteiger charge is -2.23. The summed E-state index contributed by atoms with van der Waals surface area (Å²) in [5.74, 6) is 0.824. The summed E-state index contributed by atoms with van der Waals surface area (Å²) in [7, 11) is 0. The largest absolute Gasteiger partial charge is 0.373 e. The molecule has 0 radical (unpaired) electrons. The van der Waals surface area contributed by atoms with Crippen molar-refractivity contribution in [1.82, 2.24) is 0 Å². The van der Waals surface area contributed by atoms with Gasteiger partial charge in [0.05, 0.1) is 12.7 Å². The molecule has 0 aromatic heterocycles. The average Bonchev–Trinajstić information content (AvgIpc) is 3.12. The molecule has 0 N–H and O–H groups in total. The molecule has 1 heterocycles. The van der Waals surface area contributed by atoms with Crippen LogP contribution in [0.1, 0.15) is 50.3 Å². The van der Waals surface area contributed by atoms with Crippen molar-refractivity contribution in [3.8, 4) is 0 Å². The molecule has 1 unspecified atom stereocenters. The second kappa shape index (κ2) is 4.55. The van der Waals surface area contributed by atoms with Gasteiger partial charge in [-0.05, 0) is 68.2 Å². The number of hydrogen-bond acceptors (Lipinski definition) is 1. The van der Waals surface area contributed by atoms with Crippen LogP contribution in [0.3, 0.4) is 0 Å². The molecule has 1 heteroatoms. The van der Waals surface area contributed by atoms with Crippen molar-refractivity contribution in [3.63, 3.8) is 0 Å². The summed E-state index contributed by atoms with van der Waals surface area (Å²) in [5, 5.41) is 0. The number of hydrogen-bond donors (Lipinski definition) is 0. The fourth-order valence-corrected chi connectivity index (χ4v) is 3.03. The molecule has 1 atom stereocenters. The van der Waals surface area contributed by atoms with Crippen LogP contribution >= 0.6 is 0 Å². The van der Waals surface area contributed by atoms with Crippen molar-refractivity contribution >= 4 is 5.57 Å². The lowest BCUT2D eigenvalue weighted by molar-refractivity contribution is 0.0410. The van der Waals surface area contributed by atoms with Gasteiger partial charge < -0.3 is 4.74 Å². The summed E-state index contributed by atoms with van der Waals surface area (Å²) < 4.78 is 5.70. The number of benzene rings is 1. The Balaban J connectivity index is 1.98. The predicted molar refractivity (Wildman–Crippen MR) is 75.4 cm³/mol. The SMILES string of the molecule is CC(C)=C(c1ccc2c(c1)CC(C)OC2)C1CC1. The number of fused-ring (bicyclic) bond motifs is 1. The zero-order valence-corrected chi connectivity index (χ0v) is 11.6. The van der Waals surface area contributed by atoms with Gasteiger partial charge in [-0.25, -0.2) is 0 Å². The first kappa shape index (κ1) is 12.0. The van der Waals surface area contributed by atoms with Crippen LogP contribution in [0.5, 0.6) is 0 Å². The molecule has 18 heavy (non-hydrogen) atoms. The minimum Gasteiger partial charge on any atom is -0.373 e. The summed E-state index contributed by atoms with van der Waals surface area (Å²) in [5.41, 5.74) is 7.39. The van der Waals surface area contributed by atoms with E-state index in [4.69, 9.17) is 4.74 Å². The highest BCUT2D eigenvalue weighted by atomic mass is 16.5. The van der Waals surface area contributed by atoms with Gasteiger partial charge in [0.2, 0.25) is 0 Å². The van der Waals surface area contributed by atoms with E-state index in [9.17, 15) is 0 Å². The molecule has 0 saturated heterocycles. The molecular weight excluding hydrogens is 220 g/mol. The molecule has 1 nitrogen and oxygen atoms in total. The van der Waals surface area contributed by atoms with Crippen LogP contribution in [-0.2, 0) is 17.8 Å². The molecule has 0 bridgehead atoms. The van der Waals surface area contributed by atoms with Gasteiger partial charge in [-0.1, -0.05) is 23.8 Å². The lowest BCUT2D eigenvalue weighted by atomic mass is 9.91. The van der Waals surface area contributed by atoms with Crippen LogP contribution in [0.4, 0.5) is 0 Å². The third-order valence-corrected chi connectivity index (χ3v) is 4.07. The van der Waals surface area contributed by atoms with Gasteiger partial charge in [-0.15, -0.1) is 0 Å². The normalized spacial score (nSPS) is 22.5. The Bertz CT molecular complexity index is 490. The Kier molecular flexibility index (Phi) is 3.03. The highest BCUT2D eigenvalue weighted by molar-refractivity contribution is 5.72. The maximum Gasteiger partial charge on any atom is 0.0723 e. The zero-order valence-electron chi connectivity index (χ0n) is 11.6. The molecule has 1 aliphatic carbocycles. The van der Waals surface area contributed by atoms with E-state index in [0.717, 1.165) is 18.9 Å². The smallest absolute Gasteiger partial charge is 0.0723 e. The van der Waals surface area contributed by atoms with Gasteiger partial charge in [0.15, 0.2) is 0 Å². The van der Waals surface area contributed by atoms with Gasteiger partial charge in [0.25, 0.3) is 0 Å². The number of ether oxygens (including phenoxy) is 1. The maximum absolute atomic E-state index is 5.70. The maximum atomic E-state index is 5.70. The van der Waals surface area contributed by atoms with Crippen molar-refractivity contribution in [3.05, 3.63) is 40.5 Å². The van der Waals surface area contributed by atoms with Crippen molar-refractivity contribution in [2.24, 2.45) is 5.92 Å². The molecule has 0 spiro atoms. The van der Waals surface area contributed by atoms with Crippen LogP contribution in [-0.4, -0.2) is 6.10 Å². The van der Waals surface area contributed by atoms with Gasteiger partial charge in [-0.3, -0.25) is 0 Å². The van der Waals surface area contributed by atoms with E-state index in [1.165, 1.54) is 35.1 Å². The average molecular weight is 242 g/mol. The summed E-state index contributed by atoms with van der Waals surface area (Å²) in [6, 6.07) is 6.97. The topological polar surface area (TPSA) is 9.23 Å². The summed E-state index contributed by atoms with van der Waals surface area (Å²) in [6.07, 6.45) is 4.17. The second-order valence-electron chi connectivity index (χ2n) is 6.00. The fraction of sp³-hybridized carbons (Fsp3) is 0.529. The third kappa shape index (κ3) is 2.24. The first-order valence-corrected chi connectivity index (χ1v) is 7.06. The quantitative estimate of drug-likeness (QED) is 0.749. The van der Waals surface area contributed by atoms with Crippen LogP contribution in [0, 0.1) is 5.92 Å². The summed E-state index contributed by atoms with van der Waals surface area (Å²) in [6.45, 7) is 7.44. The van der Waals surface area contributed by atoms with Gasteiger partial charge >= 0.3 is 0 Å². The number of rotatable bonds is 2. The first-order valence-electron chi connectivity index (χ1n) is 7.06. The molecule has 1 fully saturated rings. The molecule has 1 saturated carbocycles. The first-order chi connectivity index (χ1) is 8.65. The molecule has 0 amide bonds.